The van der Waals surface area contributed by atoms with Gasteiger partial charge in [0.25, 0.3) is 0 Å². The van der Waals surface area contributed by atoms with E-state index in [1.807, 2.05) is 38.4 Å². The lowest BCUT2D eigenvalue weighted by atomic mass is 9.90. The molecule has 80 valence electrons. The second kappa shape index (κ2) is 3.35. The Hall–Kier alpha value is -1.35. The van der Waals surface area contributed by atoms with E-state index >= 15 is 0 Å². The molecule has 0 unspecified atom stereocenters. The molecule has 0 bridgehead atoms. The van der Waals surface area contributed by atoms with Crippen molar-refractivity contribution in [1.29, 1.82) is 0 Å². The maximum Gasteiger partial charge on any atom is 0.328 e. The van der Waals surface area contributed by atoms with Gasteiger partial charge in [0.1, 0.15) is 5.54 Å². The first-order valence-electron chi connectivity index (χ1n) is 5.08. The quantitative estimate of drug-likeness (QED) is 0.795. The van der Waals surface area contributed by atoms with Gasteiger partial charge in [-0.3, -0.25) is 4.90 Å². The molecule has 0 spiro atoms. The second-order valence-corrected chi connectivity index (χ2v) is 4.22. The van der Waals surface area contributed by atoms with E-state index in [4.69, 9.17) is 0 Å². The average Bonchev–Trinajstić information content (AvgIpc) is 2.57. The summed E-state index contributed by atoms with van der Waals surface area (Å²) in [7, 11) is 3.66. The van der Waals surface area contributed by atoms with Gasteiger partial charge in [0.05, 0.1) is 0 Å². The minimum absolute atomic E-state index is 0.661. The molecule has 1 N–H and O–H groups in total. The normalized spacial score (nSPS) is 24.2. The predicted molar refractivity (Wildman–Crippen MR) is 57.8 cm³/mol. The Kier molecular flexibility index (Phi) is 2.27. The summed E-state index contributed by atoms with van der Waals surface area (Å²) in [5.74, 6) is -0.752. The molecule has 3 heteroatoms. The van der Waals surface area contributed by atoms with Crippen LogP contribution in [0, 0.1) is 0 Å². The SMILES string of the molecule is CN(C)[C@]1(C(=O)O)CCc2ccccc21. The van der Waals surface area contributed by atoms with Crippen molar-refractivity contribution in [1.82, 2.24) is 4.90 Å². The van der Waals surface area contributed by atoms with Gasteiger partial charge in [0.2, 0.25) is 0 Å². The summed E-state index contributed by atoms with van der Waals surface area (Å²) in [5.41, 5.74) is 1.28. The van der Waals surface area contributed by atoms with Gasteiger partial charge < -0.3 is 5.11 Å². The van der Waals surface area contributed by atoms with Crippen LogP contribution in [0.5, 0.6) is 0 Å². The van der Waals surface area contributed by atoms with Gasteiger partial charge >= 0.3 is 5.97 Å². The Morgan fingerprint density at radius 2 is 2.07 bits per heavy atom. The van der Waals surface area contributed by atoms with E-state index in [-0.39, 0.29) is 0 Å². The van der Waals surface area contributed by atoms with Crippen molar-refractivity contribution < 1.29 is 9.90 Å². The van der Waals surface area contributed by atoms with Crippen molar-refractivity contribution in [3.05, 3.63) is 35.4 Å². The van der Waals surface area contributed by atoms with Crippen LogP contribution in [0.3, 0.4) is 0 Å². The minimum atomic E-state index is -0.823. The van der Waals surface area contributed by atoms with Crippen molar-refractivity contribution in [2.24, 2.45) is 0 Å². The zero-order valence-electron chi connectivity index (χ0n) is 9.03. The van der Waals surface area contributed by atoms with Crippen LogP contribution in [0.2, 0.25) is 0 Å². The van der Waals surface area contributed by atoms with Crippen molar-refractivity contribution >= 4 is 5.97 Å². The number of nitrogens with zero attached hydrogens (tertiary/aromatic N) is 1. The number of likely N-dealkylation sites (N-methyl/N-ethyl adjacent to an activating group) is 1. The summed E-state index contributed by atoms with van der Waals surface area (Å²) < 4.78 is 0. The molecule has 0 saturated heterocycles. The molecule has 0 heterocycles. The molecular formula is C12H15NO2. The molecule has 1 aliphatic carbocycles. The van der Waals surface area contributed by atoms with E-state index in [0.29, 0.717) is 6.42 Å². The first-order valence-corrected chi connectivity index (χ1v) is 5.08. The monoisotopic (exact) mass is 205 g/mol. The molecule has 0 radical (unpaired) electrons. The highest BCUT2D eigenvalue weighted by atomic mass is 16.4. The molecule has 0 amide bonds. The standard InChI is InChI=1S/C12H15NO2/c1-13(2)12(11(14)15)8-7-9-5-3-4-6-10(9)12/h3-6H,7-8H2,1-2H3,(H,14,15)/t12-/m1/s1. The van der Waals surface area contributed by atoms with Crippen LogP contribution >= 0.6 is 0 Å². The maximum atomic E-state index is 11.5. The van der Waals surface area contributed by atoms with E-state index in [1.165, 1.54) is 0 Å². The van der Waals surface area contributed by atoms with Gasteiger partial charge in [0, 0.05) is 0 Å². The smallest absolute Gasteiger partial charge is 0.328 e. The largest absolute Gasteiger partial charge is 0.480 e. The number of benzene rings is 1. The van der Waals surface area contributed by atoms with Crippen LogP contribution in [0.25, 0.3) is 0 Å². The third kappa shape index (κ3) is 1.27. The van der Waals surface area contributed by atoms with Crippen LogP contribution in [0.1, 0.15) is 17.5 Å². The van der Waals surface area contributed by atoms with E-state index in [9.17, 15) is 9.90 Å². The zero-order chi connectivity index (χ0) is 11.1. The second-order valence-electron chi connectivity index (χ2n) is 4.22. The summed E-state index contributed by atoms with van der Waals surface area (Å²) in [6.45, 7) is 0. The number of rotatable bonds is 2. The molecular weight excluding hydrogens is 190 g/mol. The predicted octanol–water partition coefficient (Wildman–Crippen LogP) is 1.47. The fourth-order valence-electron chi connectivity index (χ4n) is 2.47. The highest BCUT2D eigenvalue weighted by Crippen LogP contribution is 2.40. The van der Waals surface area contributed by atoms with Gasteiger partial charge in [-0.15, -0.1) is 0 Å². The number of aryl methyl sites for hydroxylation is 1. The third-order valence-corrected chi connectivity index (χ3v) is 3.34. The summed E-state index contributed by atoms with van der Waals surface area (Å²) in [5, 5.41) is 9.44. The van der Waals surface area contributed by atoms with Crippen LogP contribution in [-0.4, -0.2) is 30.1 Å². The van der Waals surface area contributed by atoms with Crippen molar-refractivity contribution in [2.45, 2.75) is 18.4 Å². The number of hydrogen-bond donors (Lipinski definition) is 1. The molecule has 1 atom stereocenters. The molecule has 0 aliphatic heterocycles. The van der Waals surface area contributed by atoms with E-state index in [1.54, 1.807) is 4.90 Å². The fourth-order valence-corrected chi connectivity index (χ4v) is 2.47. The van der Waals surface area contributed by atoms with Gasteiger partial charge in [-0.05, 0) is 38.1 Å². The molecule has 2 rings (SSSR count). The lowest BCUT2D eigenvalue weighted by Crippen LogP contribution is -2.46. The zero-order valence-corrected chi connectivity index (χ0v) is 9.03. The van der Waals surface area contributed by atoms with E-state index in [2.05, 4.69) is 0 Å². The lowest BCUT2D eigenvalue weighted by Gasteiger charge is -2.32. The molecule has 3 nitrogen and oxygen atoms in total. The summed E-state index contributed by atoms with van der Waals surface area (Å²) >= 11 is 0. The van der Waals surface area contributed by atoms with Gasteiger partial charge in [0.15, 0.2) is 0 Å². The number of carboxylic acid groups (broad SMARTS) is 1. The molecule has 0 fully saturated rings. The van der Waals surface area contributed by atoms with Crippen LogP contribution in [0.15, 0.2) is 24.3 Å². The van der Waals surface area contributed by atoms with Crippen LogP contribution in [0.4, 0.5) is 0 Å². The Balaban J connectivity index is 2.59. The molecule has 0 aromatic heterocycles. The minimum Gasteiger partial charge on any atom is -0.480 e. The molecule has 0 saturated carbocycles. The number of carboxylic acids is 1. The van der Waals surface area contributed by atoms with Crippen molar-refractivity contribution in [3.63, 3.8) is 0 Å². The Bertz CT molecular complexity index is 400. The molecule has 1 aromatic rings. The molecule has 15 heavy (non-hydrogen) atoms. The Morgan fingerprint density at radius 3 is 2.67 bits per heavy atom. The number of aliphatic carboxylic acids is 1. The number of fused-ring (bicyclic) bond motifs is 1. The van der Waals surface area contributed by atoms with Crippen LogP contribution < -0.4 is 0 Å². The van der Waals surface area contributed by atoms with Gasteiger partial charge in [-0.25, -0.2) is 4.79 Å². The van der Waals surface area contributed by atoms with E-state index in [0.717, 1.165) is 17.5 Å². The van der Waals surface area contributed by atoms with Crippen LogP contribution in [-0.2, 0) is 16.8 Å². The highest BCUT2D eigenvalue weighted by Gasteiger charge is 2.47. The Morgan fingerprint density at radius 1 is 1.40 bits per heavy atom. The lowest BCUT2D eigenvalue weighted by molar-refractivity contribution is -0.150. The molecule has 1 aliphatic rings. The average molecular weight is 205 g/mol. The maximum absolute atomic E-state index is 11.5. The van der Waals surface area contributed by atoms with Crippen molar-refractivity contribution in [2.75, 3.05) is 14.1 Å². The summed E-state index contributed by atoms with van der Waals surface area (Å²) in [4.78, 5) is 13.3. The summed E-state index contributed by atoms with van der Waals surface area (Å²) in [6.07, 6.45) is 1.51. The topological polar surface area (TPSA) is 40.5 Å². The first-order chi connectivity index (χ1) is 7.09. The van der Waals surface area contributed by atoms with Crippen molar-refractivity contribution in [3.8, 4) is 0 Å². The molecule has 1 aromatic carbocycles. The number of hydrogen-bond acceptors (Lipinski definition) is 2. The highest BCUT2D eigenvalue weighted by molar-refractivity contribution is 5.82. The summed E-state index contributed by atoms with van der Waals surface area (Å²) in [6, 6.07) is 7.82. The number of carbonyl (C=O) groups is 1. The van der Waals surface area contributed by atoms with Gasteiger partial charge in [-0.1, -0.05) is 24.3 Å². The first kappa shape index (κ1) is 10.2. The Labute approximate surface area is 89.3 Å². The van der Waals surface area contributed by atoms with Gasteiger partial charge in [-0.2, -0.15) is 0 Å². The van der Waals surface area contributed by atoms with E-state index < -0.39 is 11.5 Å². The fraction of sp³-hybridized carbons (Fsp3) is 0.417. The third-order valence-electron chi connectivity index (χ3n) is 3.34.